The molecule has 0 bridgehead atoms. The number of nitrogens with one attached hydrogen (secondary N) is 3. The Bertz CT molecular complexity index is 1410. The van der Waals surface area contributed by atoms with Crippen LogP contribution in [0.3, 0.4) is 0 Å². The molecular weight excluding hydrogens is 580 g/mol. The lowest BCUT2D eigenvalue weighted by Crippen LogP contribution is -2.75. The lowest BCUT2D eigenvalue weighted by Gasteiger charge is -2.53. The van der Waals surface area contributed by atoms with E-state index in [0.29, 0.717) is 38.2 Å². The molecule has 3 heterocycles. The number of benzene rings is 1. The molecule has 2 aromatic rings. The van der Waals surface area contributed by atoms with Crippen molar-refractivity contribution in [3.8, 4) is 0 Å². The van der Waals surface area contributed by atoms with Crippen molar-refractivity contribution in [2.45, 2.75) is 102 Å². The smallest absolute Gasteiger partial charge is 0.248 e. The van der Waals surface area contributed by atoms with Gasteiger partial charge < -0.3 is 15.3 Å². The number of amides is 2. The monoisotopic (exact) mass is 628 g/mol. The van der Waals surface area contributed by atoms with Crippen molar-refractivity contribution >= 4 is 27.5 Å². The van der Waals surface area contributed by atoms with Gasteiger partial charge >= 0.3 is 0 Å². The van der Waals surface area contributed by atoms with Crippen LogP contribution in [-0.4, -0.2) is 88.9 Å². The van der Waals surface area contributed by atoms with Gasteiger partial charge in [0.15, 0.2) is 0 Å². The first-order valence-corrected chi connectivity index (χ1v) is 18.0. The molecule has 1 unspecified atom stereocenters. The van der Waals surface area contributed by atoms with Gasteiger partial charge in [0.05, 0.1) is 24.1 Å². The number of likely N-dealkylation sites (tertiary alicyclic amines) is 1. The van der Waals surface area contributed by atoms with E-state index in [2.05, 4.69) is 32.1 Å². The number of anilines is 1. The molecule has 2 saturated heterocycles. The number of unbranched alkanes of at least 4 members (excludes halogenated alkanes) is 1. The van der Waals surface area contributed by atoms with E-state index in [1.54, 1.807) is 17.0 Å². The molecule has 11 nitrogen and oxygen atoms in total. The largest absolute Gasteiger partial charge is 0.390 e. The molecule has 3 aliphatic rings. The second kappa shape index (κ2) is 13.2. The van der Waals surface area contributed by atoms with Gasteiger partial charge in [-0.3, -0.25) is 24.3 Å². The van der Waals surface area contributed by atoms with Gasteiger partial charge in [-0.25, -0.2) is 8.42 Å². The van der Waals surface area contributed by atoms with E-state index in [4.69, 9.17) is 0 Å². The zero-order valence-corrected chi connectivity index (χ0v) is 27.3. The lowest BCUT2D eigenvalue weighted by atomic mass is 9.77. The summed E-state index contributed by atoms with van der Waals surface area (Å²) < 4.78 is 26.1. The summed E-state index contributed by atoms with van der Waals surface area (Å²) in [5, 5.41) is 21.8. The third kappa shape index (κ3) is 6.53. The van der Waals surface area contributed by atoms with Crippen molar-refractivity contribution in [2.24, 2.45) is 5.92 Å². The van der Waals surface area contributed by atoms with Crippen molar-refractivity contribution in [1.29, 1.82) is 0 Å². The van der Waals surface area contributed by atoms with E-state index >= 15 is 0 Å². The molecule has 1 aromatic heterocycles. The quantitative estimate of drug-likeness (QED) is 0.315. The first-order valence-electron chi connectivity index (χ1n) is 16.1. The molecule has 4 N–H and O–H groups in total. The lowest BCUT2D eigenvalue weighted by molar-refractivity contribution is -0.166. The second-order valence-electron chi connectivity index (χ2n) is 13.0. The SMILES string of the molecule is CCCCN1C(=O)[C@@H]([C@H](O)C2CCCCC2)NC(=O)C12CCN(C(c1ccc(NS(C)(=O)=O)cc1)c1c(C)n[nH]c1C)CC2. The van der Waals surface area contributed by atoms with Crippen LogP contribution in [0.2, 0.25) is 0 Å². The third-order valence-electron chi connectivity index (χ3n) is 9.95. The van der Waals surface area contributed by atoms with Gasteiger partial charge in [-0.05, 0) is 69.6 Å². The Labute approximate surface area is 261 Å². The predicted molar refractivity (Wildman–Crippen MR) is 169 cm³/mol. The van der Waals surface area contributed by atoms with Gasteiger partial charge in [0.1, 0.15) is 11.6 Å². The summed E-state index contributed by atoms with van der Waals surface area (Å²) in [5.74, 6) is -0.282. The molecule has 12 heteroatoms. The number of hydrogen-bond acceptors (Lipinski definition) is 7. The van der Waals surface area contributed by atoms with Crippen LogP contribution in [0.1, 0.15) is 93.3 Å². The minimum atomic E-state index is -3.40. The molecule has 44 heavy (non-hydrogen) atoms. The number of nitrogens with zero attached hydrogens (tertiary/aromatic N) is 3. The van der Waals surface area contributed by atoms with Crippen LogP contribution in [0.15, 0.2) is 24.3 Å². The first-order chi connectivity index (χ1) is 20.9. The average Bonchev–Trinajstić information content (AvgIpc) is 3.33. The molecule has 3 fully saturated rings. The van der Waals surface area contributed by atoms with Crippen LogP contribution in [-0.2, 0) is 19.6 Å². The van der Waals surface area contributed by atoms with Gasteiger partial charge in [-0.1, -0.05) is 44.7 Å². The highest BCUT2D eigenvalue weighted by Crippen LogP contribution is 2.41. The Balaban J connectivity index is 1.41. The van der Waals surface area contributed by atoms with E-state index in [1.165, 1.54) is 0 Å². The highest BCUT2D eigenvalue weighted by molar-refractivity contribution is 7.92. The van der Waals surface area contributed by atoms with Gasteiger partial charge in [-0.15, -0.1) is 0 Å². The molecule has 1 saturated carbocycles. The summed E-state index contributed by atoms with van der Waals surface area (Å²) >= 11 is 0. The molecule has 3 atom stereocenters. The van der Waals surface area contributed by atoms with Crippen molar-refractivity contribution in [3.63, 3.8) is 0 Å². The minimum Gasteiger partial charge on any atom is -0.390 e. The molecule has 2 amide bonds. The maximum atomic E-state index is 14.1. The van der Waals surface area contributed by atoms with Crippen molar-refractivity contribution in [1.82, 2.24) is 25.3 Å². The standard InChI is InChI=1S/C32H48N6O5S/c1-5-6-18-38-30(40)27(29(39)24-10-8-7-9-11-24)33-31(41)32(38)16-19-37(20-17-32)28(26-21(2)34-35-22(26)3)23-12-14-25(15-13-23)36-44(4,42)43/h12-15,24,27-29,36,39H,5-11,16-20H2,1-4H3,(H,33,41)(H,34,35)/t27-,28?,29-/m1/s1. The van der Waals surface area contributed by atoms with Crippen LogP contribution < -0.4 is 10.0 Å². The fourth-order valence-electron chi connectivity index (χ4n) is 7.58. The van der Waals surface area contributed by atoms with Gasteiger partial charge in [0.25, 0.3) is 0 Å². The number of H-pyrrole nitrogens is 1. The Hall–Kier alpha value is -2.96. The molecule has 1 aromatic carbocycles. The maximum Gasteiger partial charge on any atom is 0.248 e. The van der Waals surface area contributed by atoms with Crippen LogP contribution in [0, 0.1) is 19.8 Å². The molecule has 5 rings (SSSR count). The average molecular weight is 629 g/mol. The van der Waals surface area contributed by atoms with E-state index < -0.39 is 27.7 Å². The molecule has 242 valence electrons. The van der Waals surface area contributed by atoms with Crippen LogP contribution in [0.4, 0.5) is 5.69 Å². The summed E-state index contributed by atoms with van der Waals surface area (Å²) in [6, 6.07) is 6.31. The van der Waals surface area contributed by atoms with Crippen molar-refractivity contribution in [2.75, 3.05) is 30.6 Å². The number of aromatic nitrogens is 2. The topological polar surface area (TPSA) is 148 Å². The summed E-state index contributed by atoms with van der Waals surface area (Å²) in [6.07, 6.45) is 7.90. The summed E-state index contributed by atoms with van der Waals surface area (Å²) in [6.45, 7) is 7.66. The molecule has 1 aliphatic carbocycles. The number of sulfonamides is 1. The molecular formula is C32H48N6O5S. The fraction of sp³-hybridized carbons (Fsp3) is 0.656. The van der Waals surface area contributed by atoms with Crippen LogP contribution in [0.25, 0.3) is 0 Å². The summed E-state index contributed by atoms with van der Waals surface area (Å²) in [5.41, 5.74) is 3.38. The van der Waals surface area contributed by atoms with Gasteiger partial charge in [0, 0.05) is 36.6 Å². The third-order valence-corrected chi connectivity index (χ3v) is 10.6. The number of hydrogen-bond donors (Lipinski definition) is 4. The first kappa shape index (κ1) is 32.4. The number of piperidine rings is 1. The Morgan fingerprint density at radius 3 is 2.32 bits per heavy atom. The number of aliphatic hydroxyl groups is 1. The number of rotatable bonds is 10. The summed E-state index contributed by atoms with van der Waals surface area (Å²) in [4.78, 5) is 32.2. The molecule has 1 spiro atoms. The highest BCUT2D eigenvalue weighted by Gasteiger charge is 2.55. The number of aromatic amines is 1. The maximum absolute atomic E-state index is 14.1. The predicted octanol–water partition coefficient (Wildman–Crippen LogP) is 3.39. The Morgan fingerprint density at radius 2 is 1.75 bits per heavy atom. The fourth-order valence-corrected chi connectivity index (χ4v) is 8.14. The Kier molecular flexibility index (Phi) is 9.72. The normalized spacial score (nSPS) is 23.0. The number of aliphatic hydroxyl groups excluding tert-OH is 1. The van der Waals surface area contributed by atoms with Crippen LogP contribution >= 0.6 is 0 Å². The second-order valence-corrected chi connectivity index (χ2v) is 14.7. The molecule has 0 radical (unpaired) electrons. The van der Waals surface area contributed by atoms with E-state index in [9.17, 15) is 23.1 Å². The van der Waals surface area contributed by atoms with E-state index in [0.717, 1.165) is 73.7 Å². The number of piperazine rings is 1. The van der Waals surface area contributed by atoms with Gasteiger partial charge in [-0.2, -0.15) is 5.10 Å². The van der Waals surface area contributed by atoms with Crippen LogP contribution in [0.5, 0.6) is 0 Å². The molecule has 2 aliphatic heterocycles. The number of carbonyl (C=O) groups excluding carboxylic acids is 2. The van der Waals surface area contributed by atoms with E-state index in [-0.39, 0.29) is 23.8 Å². The van der Waals surface area contributed by atoms with Crippen molar-refractivity contribution in [3.05, 3.63) is 46.8 Å². The number of aryl methyl sites for hydroxylation is 2. The zero-order valence-electron chi connectivity index (χ0n) is 26.4. The minimum absolute atomic E-state index is 0.0307. The number of carbonyl (C=O) groups is 2. The van der Waals surface area contributed by atoms with Crippen molar-refractivity contribution < 1.29 is 23.1 Å². The van der Waals surface area contributed by atoms with E-state index in [1.807, 2.05) is 26.0 Å². The zero-order chi connectivity index (χ0) is 31.6. The Morgan fingerprint density at radius 1 is 1.09 bits per heavy atom. The highest BCUT2D eigenvalue weighted by atomic mass is 32.2. The summed E-state index contributed by atoms with van der Waals surface area (Å²) in [7, 11) is -3.40. The van der Waals surface area contributed by atoms with Gasteiger partial charge in [0.2, 0.25) is 21.8 Å².